The number of fused-ring (bicyclic) bond motifs is 1. The van der Waals surface area contributed by atoms with E-state index < -0.39 is 0 Å². The maximum atomic E-state index is 4.43. The molecule has 0 aliphatic carbocycles. The number of nitrogens with zero attached hydrogens (tertiary/aromatic N) is 4. The Hall–Kier alpha value is -2.95. The molecule has 2 heterocycles. The zero-order valence-electron chi connectivity index (χ0n) is 10.6. The van der Waals surface area contributed by atoms with Gasteiger partial charge < -0.3 is 4.98 Å². The zero-order valence-corrected chi connectivity index (χ0v) is 10.6. The topological polar surface area (TPSA) is 59.4 Å². The average molecular weight is 261 g/mol. The normalized spacial score (nSPS) is 11.0. The summed E-state index contributed by atoms with van der Waals surface area (Å²) < 4.78 is 0. The molecule has 0 aliphatic rings. The number of aromatic nitrogens is 5. The Labute approximate surface area is 114 Å². The smallest absolute Gasteiger partial charge is 0.205 e. The van der Waals surface area contributed by atoms with Crippen molar-refractivity contribution in [3.8, 4) is 17.1 Å². The first-order valence-corrected chi connectivity index (χ1v) is 6.33. The van der Waals surface area contributed by atoms with Gasteiger partial charge in [-0.25, -0.2) is 0 Å². The van der Waals surface area contributed by atoms with Gasteiger partial charge in [0.15, 0.2) is 0 Å². The third-order valence-electron chi connectivity index (χ3n) is 3.21. The third-order valence-corrected chi connectivity index (χ3v) is 3.21. The van der Waals surface area contributed by atoms with Gasteiger partial charge in [-0.3, -0.25) is 0 Å². The van der Waals surface area contributed by atoms with Gasteiger partial charge >= 0.3 is 0 Å². The van der Waals surface area contributed by atoms with Crippen molar-refractivity contribution in [3.63, 3.8) is 0 Å². The van der Waals surface area contributed by atoms with Crippen LogP contribution >= 0.6 is 0 Å². The van der Waals surface area contributed by atoms with Crippen molar-refractivity contribution >= 4 is 10.9 Å². The van der Waals surface area contributed by atoms with Gasteiger partial charge in [-0.2, -0.15) is 0 Å². The van der Waals surface area contributed by atoms with Crippen LogP contribution in [0.2, 0.25) is 0 Å². The Balaban J connectivity index is 1.77. The Morgan fingerprint density at radius 2 is 1.85 bits per heavy atom. The van der Waals surface area contributed by atoms with Crippen LogP contribution in [0, 0.1) is 0 Å². The molecule has 0 aliphatic heterocycles. The highest BCUT2D eigenvalue weighted by Gasteiger charge is 2.07. The fourth-order valence-electron chi connectivity index (χ4n) is 2.19. The van der Waals surface area contributed by atoms with E-state index >= 15 is 0 Å². The molecule has 0 saturated heterocycles. The van der Waals surface area contributed by atoms with E-state index in [0.717, 1.165) is 22.2 Å². The van der Waals surface area contributed by atoms with Crippen LogP contribution in [0.3, 0.4) is 0 Å². The molecule has 2 aromatic heterocycles. The Morgan fingerprint density at radius 1 is 0.950 bits per heavy atom. The molecule has 1 N–H and O–H groups in total. The van der Waals surface area contributed by atoms with Gasteiger partial charge in [0, 0.05) is 22.7 Å². The fraction of sp³-hybridized carbons (Fsp3) is 0. The van der Waals surface area contributed by atoms with Crippen LogP contribution in [-0.4, -0.2) is 25.2 Å². The van der Waals surface area contributed by atoms with Crippen molar-refractivity contribution in [2.75, 3.05) is 0 Å². The number of hydrogen-bond acceptors (Lipinski definition) is 3. The van der Waals surface area contributed by atoms with Crippen LogP contribution < -0.4 is 0 Å². The molecule has 96 valence electrons. The molecule has 0 amide bonds. The SMILES string of the molecule is c1ccc(-c2nnn(-c3ccc4[nH]ccc4c3)n2)cc1. The molecular weight excluding hydrogens is 250 g/mol. The number of aromatic amines is 1. The molecule has 5 nitrogen and oxygen atoms in total. The predicted octanol–water partition coefficient (Wildman–Crippen LogP) is 2.81. The molecule has 5 heteroatoms. The molecule has 4 aromatic rings. The minimum atomic E-state index is 0.625. The van der Waals surface area contributed by atoms with Crippen molar-refractivity contribution in [2.24, 2.45) is 0 Å². The van der Waals surface area contributed by atoms with E-state index in [1.807, 2.05) is 60.8 Å². The highest BCUT2D eigenvalue weighted by atomic mass is 15.6. The van der Waals surface area contributed by atoms with Crippen LogP contribution in [0.15, 0.2) is 60.8 Å². The number of hydrogen-bond donors (Lipinski definition) is 1. The highest BCUT2D eigenvalue weighted by Crippen LogP contribution is 2.17. The first kappa shape index (κ1) is 10.9. The summed E-state index contributed by atoms with van der Waals surface area (Å²) in [6.45, 7) is 0. The quantitative estimate of drug-likeness (QED) is 0.603. The van der Waals surface area contributed by atoms with Gasteiger partial charge in [0.05, 0.1) is 5.69 Å². The summed E-state index contributed by atoms with van der Waals surface area (Å²) in [5, 5.41) is 13.8. The Kier molecular flexibility index (Phi) is 2.35. The lowest BCUT2D eigenvalue weighted by atomic mass is 10.2. The molecule has 0 radical (unpaired) electrons. The van der Waals surface area contributed by atoms with Gasteiger partial charge in [0.25, 0.3) is 0 Å². The first-order valence-electron chi connectivity index (χ1n) is 6.33. The molecule has 0 fully saturated rings. The largest absolute Gasteiger partial charge is 0.361 e. The summed E-state index contributed by atoms with van der Waals surface area (Å²) in [6, 6.07) is 17.9. The lowest BCUT2D eigenvalue weighted by Crippen LogP contribution is -1.98. The Bertz CT molecular complexity index is 860. The molecule has 0 bridgehead atoms. The lowest BCUT2D eigenvalue weighted by Gasteiger charge is -1.98. The molecule has 2 aromatic carbocycles. The molecule has 0 spiro atoms. The number of nitrogens with one attached hydrogen (secondary N) is 1. The van der Waals surface area contributed by atoms with E-state index in [1.54, 1.807) is 4.80 Å². The predicted molar refractivity (Wildman–Crippen MR) is 76.4 cm³/mol. The lowest BCUT2D eigenvalue weighted by molar-refractivity contribution is 0.721. The first-order chi connectivity index (χ1) is 9.90. The van der Waals surface area contributed by atoms with Crippen molar-refractivity contribution in [2.45, 2.75) is 0 Å². The summed E-state index contributed by atoms with van der Waals surface area (Å²) in [4.78, 5) is 4.71. The monoisotopic (exact) mass is 261 g/mol. The van der Waals surface area contributed by atoms with Gasteiger partial charge in [-0.15, -0.1) is 15.0 Å². The van der Waals surface area contributed by atoms with Crippen LogP contribution in [-0.2, 0) is 0 Å². The van der Waals surface area contributed by atoms with Crippen molar-refractivity contribution in [1.29, 1.82) is 0 Å². The van der Waals surface area contributed by atoms with E-state index in [2.05, 4.69) is 20.4 Å². The summed E-state index contributed by atoms with van der Waals surface area (Å²) in [5.41, 5.74) is 2.95. The second-order valence-corrected chi connectivity index (χ2v) is 4.52. The van der Waals surface area contributed by atoms with Crippen LogP contribution in [0.1, 0.15) is 0 Å². The second kappa shape index (κ2) is 4.31. The minimum Gasteiger partial charge on any atom is -0.361 e. The fourth-order valence-corrected chi connectivity index (χ4v) is 2.19. The maximum Gasteiger partial charge on any atom is 0.205 e. The van der Waals surface area contributed by atoms with Gasteiger partial charge in [0.1, 0.15) is 0 Å². The number of H-pyrrole nitrogens is 1. The number of benzene rings is 2. The standard InChI is InChI=1S/C15H11N5/c1-2-4-11(5-3-1)15-17-19-20(18-15)13-6-7-14-12(10-13)8-9-16-14/h1-10,16H. The zero-order chi connectivity index (χ0) is 13.4. The van der Waals surface area contributed by atoms with E-state index in [0.29, 0.717) is 5.82 Å². The van der Waals surface area contributed by atoms with Gasteiger partial charge in [-0.1, -0.05) is 30.3 Å². The van der Waals surface area contributed by atoms with Crippen molar-refractivity contribution in [3.05, 3.63) is 60.8 Å². The molecule has 0 saturated carbocycles. The number of tetrazole rings is 1. The maximum absolute atomic E-state index is 4.43. The highest BCUT2D eigenvalue weighted by molar-refractivity contribution is 5.81. The van der Waals surface area contributed by atoms with Crippen molar-refractivity contribution in [1.82, 2.24) is 25.2 Å². The van der Waals surface area contributed by atoms with Crippen LogP contribution in [0.25, 0.3) is 28.0 Å². The summed E-state index contributed by atoms with van der Waals surface area (Å²) >= 11 is 0. The van der Waals surface area contributed by atoms with Gasteiger partial charge in [0.2, 0.25) is 5.82 Å². The molecular formula is C15H11N5. The molecule has 20 heavy (non-hydrogen) atoms. The van der Waals surface area contributed by atoms with E-state index in [-0.39, 0.29) is 0 Å². The molecule has 4 rings (SSSR count). The minimum absolute atomic E-state index is 0.625. The summed E-state index contributed by atoms with van der Waals surface area (Å²) in [5.74, 6) is 0.625. The van der Waals surface area contributed by atoms with Crippen molar-refractivity contribution < 1.29 is 0 Å². The van der Waals surface area contributed by atoms with E-state index in [1.165, 1.54) is 0 Å². The van der Waals surface area contributed by atoms with E-state index in [4.69, 9.17) is 0 Å². The molecule has 0 unspecified atom stereocenters. The average Bonchev–Trinajstić information content (AvgIpc) is 3.16. The van der Waals surface area contributed by atoms with E-state index in [9.17, 15) is 0 Å². The van der Waals surface area contributed by atoms with Crippen LogP contribution in [0.5, 0.6) is 0 Å². The summed E-state index contributed by atoms with van der Waals surface area (Å²) in [7, 11) is 0. The Morgan fingerprint density at radius 3 is 2.75 bits per heavy atom. The second-order valence-electron chi connectivity index (χ2n) is 4.52. The molecule has 0 atom stereocenters. The number of rotatable bonds is 2. The summed E-state index contributed by atoms with van der Waals surface area (Å²) in [6.07, 6.45) is 1.92. The third kappa shape index (κ3) is 1.76. The van der Waals surface area contributed by atoms with Gasteiger partial charge in [-0.05, 0) is 29.5 Å². The van der Waals surface area contributed by atoms with Crippen LogP contribution in [0.4, 0.5) is 0 Å².